The van der Waals surface area contributed by atoms with Crippen molar-refractivity contribution < 1.29 is 9.59 Å². The fourth-order valence-electron chi connectivity index (χ4n) is 1.65. The molecule has 2 N–H and O–H groups in total. The van der Waals surface area contributed by atoms with Crippen LogP contribution in [0.5, 0.6) is 0 Å². The first-order valence-corrected chi connectivity index (χ1v) is 7.46. The van der Waals surface area contributed by atoms with Gasteiger partial charge in [-0.1, -0.05) is 35.8 Å². The van der Waals surface area contributed by atoms with Gasteiger partial charge in [0.25, 0.3) is 5.91 Å². The van der Waals surface area contributed by atoms with Gasteiger partial charge in [0.05, 0.1) is 0 Å². The van der Waals surface area contributed by atoms with E-state index in [1.54, 1.807) is 19.1 Å². The summed E-state index contributed by atoms with van der Waals surface area (Å²) >= 11 is 3.39. The van der Waals surface area contributed by atoms with Crippen LogP contribution in [0.15, 0.2) is 22.7 Å². The van der Waals surface area contributed by atoms with Gasteiger partial charge in [-0.25, -0.2) is 0 Å². The summed E-state index contributed by atoms with van der Waals surface area (Å²) in [6, 6.07) is 4.87. The molecule has 4 nitrogen and oxygen atoms in total. The molecule has 20 heavy (non-hydrogen) atoms. The average Bonchev–Trinajstić information content (AvgIpc) is 2.38. The zero-order valence-electron chi connectivity index (χ0n) is 12.3. The Labute approximate surface area is 128 Å². The SMILES string of the molecule is Cc1c(Br)cccc1C(=O)NC(C)C(=O)NCC(C)C. The Morgan fingerprint density at radius 1 is 1.25 bits per heavy atom. The van der Waals surface area contributed by atoms with Crippen LogP contribution in [-0.2, 0) is 4.79 Å². The number of carbonyl (C=O) groups is 2. The normalized spacial score (nSPS) is 12.1. The topological polar surface area (TPSA) is 58.2 Å². The Balaban J connectivity index is 2.66. The fraction of sp³-hybridized carbons (Fsp3) is 0.467. The van der Waals surface area contributed by atoms with Crippen LogP contribution in [0.4, 0.5) is 0 Å². The van der Waals surface area contributed by atoms with E-state index in [9.17, 15) is 9.59 Å². The summed E-state index contributed by atoms with van der Waals surface area (Å²) in [4.78, 5) is 24.0. The lowest BCUT2D eigenvalue weighted by Crippen LogP contribution is -2.45. The third-order valence-electron chi connectivity index (χ3n) is 2.94. The molecule has 0 fully saturated rings. The minimum Gasteiger partial charge on any atom is -0.354 e. The highest BCUT2D eigenvalue weighted by atomic mass is 79.9. The van der Waals surface area contributed by atoms with E-state index >= 15 is 0 Å². The van der Waals surface area contributed by atoms with Crippen LogP contribution in [0.1, 0.15) is 36.7 Å². The summed E-state index contributed by atoms with van der Waals surface area (Å²) in [6.07, 6.45) is 0. The molecule has 1 rings (SSSR count). The molecule has 2 amide bonds. The van der Waals surface area contributed by atoms with E-state index in [4.69, 9.17) is 0 Å². The number of hydrogen-bond donors (Lipinski definition) is 2. The Bertz CT molecular complexity index is 501. The lowest BCUT2D eigenvalue weighted by molar-refractivity contribution is -0.122. The molecule has 1 aromatic rings. The number of nitrogens with one attached hydrogen (secondary N) is 2. The van der Waals surface area contributed by atoms with Gasteiger partial charge in [0, 0.05) is 16.6 Å². The van der Waals surface area contributed by atoms with Gasteiger partial charge in [0.15, 0.2) is 0 Å². The second-order valence-electron chi connectivity index (χ2n) is 5.25. The first-order valence-electron chi connectivity index (χ1n) is 6.66. The van der Waals surface area contributed by atoms with E-state index in [1.165, 1.54) is 0 Å². The molecule has 0 aliphatic rings. The van der Waals surface area contributed by atoms with Gasteiger partial charge >= 0.3 is 0 Å². The Hall–Kier alpha value is -1.36. The maximum Gasteiger partial charge on any atom is 0.252 e. The molecule has 0 aliphatic heterocycles. The Kier molecular flexibility index (Phi) is 6.20. The van der Waals surface area contributed by atoms with Gasteiger partial charge in [0.1, 0.15) is 6.04 Å². The van der Waals surface area contributed by atoms with Gasteiger partial charge in [0.2, 0.25) is 5.91 Å². The number of carbonyl (C=O) groups excluding carboxylic acids is 2. The smallest absolute Gasteiger partial charge is 0.252 e. The molecule has 0 heterocycles. The van der Waals surface area contributed by atoms with Crippen LogP contribution in [-0.4, -0.2) is 24.4 Å². The maximum absolute atomic E-state index is 12.2. The summed E-state index contributed by atoms with van der Waals surface area (Å²) < 4.78 is 0.877. The van der Waals surface area contributed by atoms with Crippen LogP contribution < -0.4 is 10.6 Å². The molecule has 0 saturated carbocycles. The van der Waals surface area contributed by atoms with E-state index in [0.717, 1.165) is 10.0 Å². The zero-order valence-corrected chi connectivity index (χ0v) is 13.9. The molecule has 0 aliphatic carbocycles. The number of amides is 2. The highest BCUT2D eigenvalue weighted by Gasteiger charge is 2.18. The molecule has 0 radical (unpaired) electrons. The molecule has 0 bridgehead atoms. The lowest BCUT2D eigenvalue weighted by Gasteiger charge is -2.16. The zero-order chi connectivity index (χ0) is 15.3. The highest BCUT2D eigenvalue weighted by Crippen LogP contribution is 2.19. The molecule has 5 heteroatoms. The third kappa shape index (κ3) is 4.63. The quantitative estimate of drug-likeness (QED) is 0.865. The first-order chi connectivity index (χ1) is 9.32. The van der Waals surface area contributed by atoms with Crippen molar-refractivity contribution in [3.05, 3.63) is 33.8 Å². The Morgan fingerprint density at radius 2 is 1.90 bits per heavy atom. The van der Waals surface area contributed by atoms with E-state index in [0.29, 0.717) is 18.0 Å². The average molecular weight is 341 g/mol. The van der Waals surface area contributed by atoms with Gasteiger partial charge in [-0.2, -0.15) is 0 Å². The number of hydrogen-bond acceptors (Lipinski definition) is 2. The lowest BCUT2D eigenvalue weighted by atomic mass is 10.1. The molecule has 0 saturated heterocycles. The van der Waals surface area contributed by atoms with Crippen LogP contribution in [0.2, 0.25) is 0 Å². The molecule has 1 atom stereocenters. The standard InChI is InChI=1S/C15H21BrN2O2/c1-9(2)8-17-14(19)11(4)18-15(20)12-6-5-7-13(16)10(12)3/h5-7,9,11H,8H2,1-4H3,(H,17,19)(H,18,20). The third-order valence-corrected chi connectivity index (χ3v) is 3.80. The minimum absolute atomic E-state index is 0.167. The molecule has 1 aromatic carbocycles. The predicted molar refractivity (Wildman–Crippen MR) is 83.7 cm³/mol. The van der Waals surface area contributed by atoms with Crippen molar-refractivity contribution in [1.82, 2.24) is 10.6 Å². The van der Waals surface area contributed by atoms with Crippen molar-refractivity contribution in [2.45, 2.75) is 33.7 Å². The van der Waals surface area contributed by atoms with Gasteiger partial charge < -0.3 is 10.6 Å². The largest absolute Gasteiger partial charge is 0.354 e. The van der Waals surface area contributed by atoms with Crippen molar-refractivity contribution in [2.24, 2.45) is 5.92 Å². The Morgan fingerprint density at radius 3 is 2.50 bits per heavy atom. The second-order valence-corrected chi connectivity index (χ2v) is 6.10. The summed E-state index contributed by atoms with van der Waals surface area (Å²) in [5.74, 6) is -0.0233. The first kappa shape index (κ1) is 16.7. The molecule has 0 aromatic heterocycles. The summed E-state index contributed by atoms with van der Waals surface area (Å²) in [5, 5.41) is 5.52. The number of rotatable bonds is 5. The number of halogens is 1. The molecular weight excluding hydrogens is 320 g/mol. The molecular formula is C15H21BrN2O2. The monoisotopic (exact) mass is 340 g/mol. The van der Waals surface area contributed by atoms with Gasteiger partial charge in [-0.05, 0) is 37.5 Å². The number of benzene rings is 1. The highest BCUT2D eigenvalue weighted by molar-refractivity contribution is 9.10. The van der Waals surface area contributed by atoms with Crippen molar-refractivity contribution >= 4 is 27.7 Å². The van der Waals surface area contributed by atoms with E-state index in [-0.39, 0.29) is 11.8 Å². The van der Waals surface area contributed by atoms with Crippen LogP contribution in [0.3, 0.4) is 0 Å². The van der Waals surface area contributed by atoms with Crippen LogP contribution >= 0.6 is 15.9 Å². The van der Waals surface area contributed by atoms with Crippen LogP contribution in [0, 0.1) is 12.8 Å². The van der Waals surface area contributed by atoms with E-state index in [2.05, 4.69) is 26.6 Å². The molecule has 1 unspecified atom stereocenters. The van der Waals surface area contributed by atoms with Crippen molar-refractivity contribution in [2.75, 3.05) is 6.54 Å². The fourth-order valence-corrected chi connectivity index (χ4v) is 2.02. The van der Waals surface area contributed by atoms with Gasteiger partial charge in [-0.3, -0.25) is 9.59 Å². The summed E-state index contributed by atoms with van der Waals surface area (Å²) in [7, 11) is 0. The molecule has 0 spiro atoms. The molecule has 110 valence electrons. The second kappa shape index (κ2) is 7.43. The van der Waals surface area contributed by atoms with E-state index < -0.39 is 6.04 Å². The van der Waals surface area contributed by atoms with Crippen molar-refractivity contribution in [3.63, 3.8) is 0 Å². The van der Waals surface area contributed by atoms with Crippen molar-refractivity contribution in [1.29, 1.82) is 0 Å². The van der Waals surface area contributed by atoms with Gasteiger partial charge in [-0.15, -0.1) is 0 Å². The van der Waals surface area contributed by atoms with Crippen molar-refractivity contribution in [3.8, 4) is 0 Å². The maximum atomic E-state index is 12.2. The van der Waals surface area contributed by atoms with Crippen LogP contribution in [0.25, 0.3) is 0 Å². The summed E-state index contributed by atoms with van der Waals surface area (Å²) in [6.45, 7) is 8.20. The summed E-state index contributed by atoms with van der Waals surface area (Å²) in [5.41, 5.74) is 1.43. The van der Waals surface area contributed by atoms with E-state index in [1.807, 2.05) is 26.8 Å². The predicted octanol–water partition coefficient (Wildman–Crippen LogP) is 2.65. The minimum atomic E-state index is -0.556.